The van der Waals surface area contributed by atoms with E-state index in [-0.39, 0.29) is 12.8 Å². The van der Waals surface area contributed by atoms with Crippen LogP contribution in [0.2, 0.25) is 0 Å². The van der Waals surface area contributed by atoms with E-state index in [1.165, 1.54) is 32.5 Å². The molecule has 0 aliphatic carbocycles. The summed E-state index contributed by atoms with van der Waals surface area (Å²) in [5.74, 6) is -9.72. The van der Waals surface area contributed by atoms with E-state index in [4.69, 9.17) is 22.9 Å². The highest BCUT2D eigenvalue weighted by Crippen LogP contribution is 2.05. The molecule has 0 rings (SSSR count). The van der Waals surface area contributed by atoms with Crippen LogP contribution >= 0.6 is 11.8 Å². The Morgan fingerprint density at radius 3 is 1.40 bits per heavy atom. The molecule has 0 heterocycles. The first-order valence-corrected chi connectivity index (χ1v) is 18.6. The molecule has 0 aromatic rings. The lowest BCUT2D eigenvalue weighted by molar-refractivity contribution is -0.143. The second kappa shape index (κ2) is 25.9. The number of hydrogen-bond donors (Lipinski definition) is 13. The van der Waals surface area contributed by atoms with Crippen LogP contribution in [0.5, 0.6) is 0 Å². The van der Waals surface area contributed by atoms with E-state index in [9.17, 15) is 58.2 Å². The molecule has 0 aliphatic heterocycles. The predicted molar refractivity (Wildman–Crippen MR) is 197 cm³/mol. The fraction of sp³-hybridized carbons (Fsp3) is 0.677. The number of hydrogen-bond acceptors (Lipinski definition) is 14. The standard InChI is InChI=1S/C31H55N11O12S/c1-14(33)24(46)38-17(7-5-6-9-32)27(49)36-15(2)25(47)40-19(11-22(34)44)29(51)42-21(13-43)30(52)39-18(8-10-55-4)28(50)37-16(3)26(48)41-20(31(53)54)12-23(35)45/h14-21,43H,5-13,32-33H2,1-4H3,(H2,34,44)(H2,35,45)(H,36,49)(H,37,50)(H,38,46)(H,39,52)(H,40,47)(H,41,48)(H,42,51)(H,53,54)/t14-,15-,16-,17-,18-,19-,20-,21-/m0/s1. The minimum Gasteiger partial charge on any atom is -0.480 e. The van der Waals surface area contributed by atoms with Crippen LogP contribution in [-0.4, -0.2) is 143 Å². The van der Waals surface area contributed by atoms with E-state index in [2.05, 4.69) is 37.2 Å². The maximum absolute atomic E-state index is 13.2. The van der Waals surface area contributed by atoms with Gasteiger partial charge in [-0.1, -0.05) is 0 Å². The van der Waals surface area contributed by atoms with Crippen molar-refractivity contribution in [1.82, 2.24) is 37.2 Å². The molecule has 8 atom stereocenters. The Morgan fingerprint density at radius 1 is 0.564 bits per heavy atom. The molecule has 55 heavy (non-hydrogen) atoms. The molecule has 17 N–H and O–H groups in total. The molecule has 0 saturated heterocycles. The van der Waals surface area contributed by atoms with Gasteiger partial charge in [0.25, 0.3) is 0 Å². The van der Waals surface area contributed by atoms with E-state index >= 15 is 0 Å². The molecule has 0 aromatic heterocycles. The van der Waals surface area contributed by atoms with Crippen LogP contribution in [-0.2, 0) is 47.9 Å². The van der Waals surface area contributed by atoms with Gasteiger partial charge in [0.1, 0.15) is 42.3 Å². The van der Waals surface area contributed by atoms with Crippen molar-refractivity contribution >= 4 is 70.9 Å². The topological polar surface area (TPSA) is 399 Å². The summed E-state index contributed by atoms with van der Waals surface area (Å²) in [7, 11) is 0. The molecule has 0 aliphatic rings. The third kappa shape index (κ3) is 19.7. The van der Waals surface area contributed by atoms with Crippen LogP contribution < -0.4 is 60.2 Å². The molecule has 23 nitrogen and oxygen atoms in total. The van der Waals surface area contributed by atoms with E-state index in [1.54, 1.807) is 6.26 Å². The average molecular weight is 806 g/mol. The molecule has 0 spiro atoms. The molecule has 0 unspecified atom stereocenters. The number of nitrogens with one attached hydrogen (secondary N) is 7. The van der Waals surface area contributed by atoms with Gasteiger partial charge in [0.2, 0.25) is 53.2 Å². The molecular formula is C31H55N11O12S. The number of thioether (sulfide) groups is 1. The molecule has 0 bridgehead atoms. The van der Waals surface area contributed by atoms with Crippen molar-refractivity contribution in [2.24, 2.45) is 22.9 Å². The number of aliphatic hydroxyl groups excluding tert-OH is 1. The average Bonchev–Trinajstić information content (AvgIpc) is 3.10. The Kier molecular flexibility index (Phi) is 23.5. The van der Waals surface area contributed by atoms with Crippen LogP contribution in [0.3, 0.4) is 0 Å². The summed E-state index contributed by atoms with van der Waals surface area (Å²) in [6.45, 7) is 3.20. The first-order valence-electron chi connectivity index (χ1n) is 17.2. The first kappa shape index (κ1) is 49.9. The molecule has 312 valence electrons. The van der Waals surface area contributed by atoms with E-state index in [0.29, 0.717) is 25.1 Å². The zero-order valence-electron chi connectivity index (χ0n) is 31.2. The lowest BCUT2D eigenvalue weighted by atomic mass is 10.1. The van der Waals surface area contributed by atoms with Gasteiger partial charge >= 0.3 is 5.97 Å². The number of carbonyl (C=O) groups is 10. The maximum Gasteiger partial charge on any atom is 0.326 e. The molecule has 24 heteroatoms. The van der Waals surface area contributed by atoms with Gasteiger partial charge in [0.15, 0.2) is 0 Å². The van der Waals surface area contributed by atoms with E-state index in [1.807, 2.05) is 0 Å². The monoisotopic (exact) mass is 805 g/mol. The minimum absolute atomic E-state index is 0.00856. The highest BCUT2D eigenvalue weighted by atomic mass is 32.2. The minimum atomic E-state index is -1.74. The van der Waals surface area contributed by atoms with Crippen LogP contribution in [0.25, 0.3) is 0 Å². The molecule has 0 saturated carbocycles. The lowest BCUT2D eigenvalue weighted by Crippen LogP contribution is -2.60. The van der Waals surface area contributed by atoms with E-state index in [0.717, 1.165) is 0 Å². The second-order valence-corrected chi connectivity index (χ2v) is 13.5. The first-order chi connectivity index (χ1) is 25.7. The SMILES string of the molecule is CSCC[C@H](NC(=O)[C@H](CO)NC(=O)[C@H](CC(N)=O)NC(=O)[C@H](C)NC(=O)[C@H](CCCCN)NC(=O)[C@H](C)N)C(=O)N[C@@H](C)C(=O)N[C@@H](CC(N)=O)C(=O)O. The number of nitrogens with two attached hydrogens (primary N) is 4. The molecular weight excluding hydrogens is 750 g/mol. The summed E-state index contributed by atoms with van der Waals surface area (Å²) in [5, 5.41) is 35.2. The summed E-state index contributed by atoms with van der Waals surface area (Å²) in [4.78, 5) is 125. The fourth-order valence-electron chi connectivity index (χ4n) is 4.47. The lowest BCUT2D eigenvalue weighted by Gasteiger charge is -2.26. The molecule has 0 radical (unpaired) electrons. The number of rotatable bonds is 27. The summed E-state index contributed by atoms with van der Waals surface area (Å²) >= 11 is 1.29. The number of carbonyl (C=O) groups excluding carboxylic acids is 9. The summed E-state index contributed by atoms with van der Waals surface area (Å²) < 4.78 is 0. The quantitative estimate of drug-likeness (QED) is 0.0343. The number of unbranched alkanes of at least 4 members (excludes halogenated alkanes) is 1. The Balaban J connectivity index is 5.78. The van der Waals surface area contributed by atoms with Gasteiger partial charge in [-0.3, -0.25) is 43.2 Å². The number of amides is 9. The third-order valence-electron chi connectivity index (χ3n) is 7.61. The Hall–Kier alpha value is -5.07. The van der Waals surface area contributed by atoms with Gasteiger partial charge in [0, 0.05) is 0 Å². The van der Waals surface area contributed by atoms with Crippen LogP contribution in [0.4, 0.5) is 0 Å². The van der Waals surface area contributed by atoms with Crippen molar-refractivity contribution in [2.75, 3.05) is 25.2 Å². The third-order valence-corrected chi connectivity index (χ3v) is 8.26. The highest BCUT2D eigenvalue weighted by Gasteiger charge is 2.33. The van der Waals surface area contributed by atoms with Crippen molar-refractivity contribution in [3.63, 3.8) is 0 Å². The zero-order chi connectivity index (χ0) is 42.4. The van der Waals surface area contributed by atoms with Crippen molar-refractivity contribution in [3.05, 3.63) is 0 Å². The molecule has 0 aromatic carbocycles. The predicted octanol–water partition coefficient (Wildman–Crippen LogP) is -6.52. The molecule has 0 fully saturated rings. The van der Waals surface area contributed by atoms with Gasteiger partial charge in [-0.15, -0.1) is 0 Å². The number of carboxylic acids is 1. The number of aliphatic carboxylic acids is 1. The number of primary amides is 2. The van der Waals surface area contributed by atoms with Crippen LogP contribution in [0.1, 0.15) is 59.3 Å². The van der Waals surface area contributed by atoms with Crippen molar-refractivity contribution in [3.8, 4) is 0 Å². The van der Waals surface area contributed by atoms with Gasteiger partial charge in [0.05, 0.1) is 25.5 Å². The Morgan fingerprint density at radius 2 is 0.964 bits per heavy atom. The largest absolute Gasteiger partial charge is 0.480 e. The van der Waals surface area contributed by atoms with Crippen LogP contribution in [0, 0.1) is 0 Å². The normalized spacial score (nSPS) is 15.2. The summed E-state index contributed by atoms with van der Waals surface area (Å²) in [6, 6.07) is -11.1. The van der Waals surface area contributed by atoms with E-state index < -0.39 is 127 Å². The number of carboxylic acid groups (broad SMARTS) is 1. The van der Waals surface area contributed by atoms with Crippen molar-refractivity contribution < 1.29 is 58.2 Å². The van der Waals surface area contributed by atoms with Crippen molar-refractivity contribution in [2.45, 2.75) is 108 Å². The van der Waals surface area contributed by atoms with Crippen LogP contribution in [0.15, 0.2) is 0 Å². The molecule has 9 amide bonds. The Labute approximate surface area is 321 Å². The van der Waals surface area contributed by atoms with Gasteiger partial charge in [-0.2, -0.15) is 11.8 Å². The van der Waals surface area contributed by atoms with Crippen molar-refractivity contribution in [1.29, 1.82) is 0 Å². The van der Waals surface area contributed by atoms with Gasteiger partial charge < -0.3 is 70.4 Å². The summed E-state index contributed by atoms with van der Waals surface area (Å²) in [6.07, 6.45) is 1.39. The van der Waals surface area contributed by atoms with Gasteiger partial charge in [-0.25, -0.2) is 4.79 Å². The Bertz CT molecular complexity index is 1390. The summed E-state index contributed by atoms with van der Waals surface area (Å²) in [5.41, 5.74) is 21.4. The highest BCUT2D eigenvalue weighted by molar-refractivity contribution is 7.98. The zero-order valence-corrected chi connectivity index (χ0v) is 32.0. The second-order valence-electron chi connectivity index (χ2n) is 12.5. The maximum atomic E-state index is 13.2. The van der Waals surface area contributed by atoms with Gasteiger partial charge in [-0.05, 0) is 65.0 Å². The number of aliphatic hydroxyl groups is 1. The smallest absolute Gasteiger partial charge is 0.326 e. The fourth-order valence-corrected chi connectivity index (χ4v) is 4.94.